The quantitative estimate of drug-likeness (QED) is 0.734. The van der Waals surface area contributed by atoms with Crippen molar-refractivity contribution >= 4 is 22.5 Å². The minimum atomic E-state index is -0.247. The highest BCUT2D eigenvalue weighted by atomic mass is 16.5. The molecule has 1 atom stereocenters. The number of hydrogen-bond donors (Lipinski definition) is 2. The van der Waals surface area contributed by atoms with Crippen molar-refractivity contribution in [2.75, 3.05) is 19.0 Å². The van der Waals surface area contributed by atoms with Crippen LogP contribution in [-0.2, 0) is 4.74 Å². The first-order valence-corrected chi connectivity index (χ1v) is 7.87. The Kier molecular flexibility index (Phi) is 5.08. The molecule has 0 saturated heterocycles. The fraction of sp³-hybridized carbons (Fsp3) is 0.150. The molecule has 2 amide bonds. The molecular weight excluding hydrogens is 300 g/mol. The third kappa shape index (κ3) is 3.91. The first-order valence-electron chi connectivity index (χ1n) is 7.87. The lowest BCUT2D eigenvalue weighted by Crippen LogP contribution is -2.32. The van der Waals surface area contributed by atoms with Crippen LogP contribution in [-0.4, -0.2) is 19.7 Å². The molecule has 0 aliphatic rings. The second-order valence-electron chi connectivity index (χ2n) is 5.53. The van der Waals surface area contributed by atoms with Crippen LogP contribution in [0.4, 0.5) is 10.5 Å². The van der Waals surface area contributed by atoms with Gasteiger partial charge < -0.3 is 15.4 Å². The Morgan fingerprint density at radius 3 is 2.42 bits per heavy atom. The van der Waals surface area contributed by atoms with Crippen molar-refractivity contribution < 1.29 is 9.53 Å². The van der Waals surface area contributed by atoms with Gasteiger partial charge in [0, 0.05) is 19.3 Å². The van der Waals surface area contributed by atoms with Crippen molar-refractivity contribution in [1.29, 1.82) is 0 Å². The summed E-state index contributed by atoms with van der Waals surface area (Å²) in [5.41, 5.74) is 1.80. The molecule has 0 saturated carbocycles. The molecule has 3 aromatic rings. The van der Waals surface area contributed by atoms with Crippen molar-refractivity contribution in [2.45, 2.75) is 6.10 Å². The van der Waals surface area contributed by atoms with Gasteiger partial charge in [-0.2, -0.15) is 0 Å². The predicted octanol–water partition coefficient (Wildman–Crippen LogP) is 4.35. The smallest absolute Gasteiger partial charge is 0.319 e. The average molecular weight is 320 g/mol. The summed E-state index contributed by atoms with van der Waals surface area (Å²) in [6.07, 6.45) is -0.173. The van der Waals surface area contributed by atoms with E-state index in [1.807, 2.05) is 72.8 Å². The second-order valence-corrected chi connectivity index (χ2v) is 5.53. The van der Waals surface area contributed by atoms with Gasteiger partial charge in [0.15, 0.2) is 0 Å². The monoisotopic (exact) mass is 320 g/mol. The number of nitrogens with one attached hydrogen (secondary N) is 2. The number of anilines is 1. The van der Waals surface area contributed by atoms with E-state index in [1.165, 1.54) is 0 Å². The highest BCUT2D eigenvalue weighted by Crippen LogP contribution is 2.19. The van der Waals surface area contributed by atoms with E-state index in [4.69, 9.17) is 4.74 Å². The van der Waals surface area contributed by atoms with Gasteiger partial charge in [-0.3, -0.25) is 0 Å². The predicted molar refractivity (Wildman–Crippen MR) is 97.2 cm³/mol. The van der Waals surface area contributed by atoms with Crippen LogP contribution in [0, 0.1) is 0 Å². The van der Waals surface area contributed by atoms with Crippen molar-refractivity contribution in [3.63, 3.8) is 0 Å². The highest BCUT2D eigenvalue weighted by Gasteiger charge is 2.11. The lowest BCUT2D eigenvalue weighted by atomic mass is 10.1. The Bertz CT molecular complexity index is 818. The van der Waals surface area contributed by atoms with Gasteiger partial charge in [-0.1, -0.05) is 60.7 Å². The Morgan fingerprint density at radius 1 is 0.958 bits per heavy atom. The van der Waals surface area contributed by atoms with Gasteiger partial charge in [-0.05, 0) is 28.5 Å². The van der Waals surface area contributed by atoms with Crippen LogP contribution in [0.25, 0.3) is 10.8 Å². The first kappa shape index (κ1) is 16.0. The molecule has 0 aliphatic heterocycles. The number of amides is 2. The maximum atomic E-state index is 12.1. The van der Waals surface area contributed by atoms with Crippen LogP contribution in [0.2, 0.25) is 0 Å². The molecule has 24 heavy (non-hydrogen) atoms. The lowest BCUT2D eigenvalue weighted by Gasteiger charge is -2.17. The zero-order valence-electron chi connectivity index (χ0n) is 13.5. The van der Waals surface area contributed by atoms with Crippen LogP contribution in [0.3, 0.4) is 0 Å². The molecule has 3 rings (SSSR count). The molecule has 0 bridgehead atoms. The number of carbonyl (C=O) groups excluding carboxylic acids is 1. The molecule has 4 heteroatoms. The molecule has 0 fully saturated rings. The number of carbonyl (C=O) groups is 1. The number of rotatable bonds is 5. The highest BCUT2D eigenvalue weighted by molar-refractivity contribution is 5.93. The molecule has 1 unspecified atom stereocenters. The number of hydrogen-bond acceptors (Lipinski definition) is 2. The van der Waals surface area contributed by atoms with Gasteiger partial charge in [-0.25, -0.2) is 4.79 Å². The van der Waals surface area contributed by atoms with Gasteiger partial charge in [0.1, 0.15) is 0 Å². The summed E-state index contributed by atoms with van der Waals surface area (Å²) in [4.78, 5) is 12.1. The average Bonchev–Trinajstić information content (AvgIpc) is 2.63. The van der Waals surface area contributed by atoms with Crippen LogP contribution in [0.1, 0.15) is 11.7 Å². The molecular formula is C20H20N2O2. The Labute approximate surface area is 141 Å². The third-order valence-corrected chi connectivity index (χ3v) is 3.91. The van der Waals surface area contributed by atoms with Crippen LogP contribution >= 0.6 is 0 Å². The van der Waals surface area contributed by atoms with Crippen molar-refractivity contribution in [2.24, 2.45) is 0 Å². The molecule has 0 heterocycles. The standard InChI is InChI=1S/C20H20N2O2/c1-24-19(16-8-3-2-4-9-16)14-21-20(23)22-18-12-11-15-7-5-6-10-17(15)13-18/h2-13,19H,14H2,1H3,(H2,21,22,23). The summed E-state index contributed by atoms with van der Waals surface area (Å²) in [6.45, 7) is 0.403. The Morgan fingerprint density at radius 2 is 1.67 bits per heavy atom. The van der Waals surface area contributed by atoms with Gasteiger partial charge in [0.2, 0.25) is 0 Å². The van der Waals surface area contributed by atoms with E-state index < -0.39 is 0 Å². The Balaban J connectivity index is 1.60. The fourth-order valence-electron chi connectivity index (χ4n) is 2.63. The largest absolute Gasteiger partial charge is 0.375 e. The molecule has 122 valence electrons. The van der Waals surface area contributed by atoms with Crippen LogP contribution in [0.5, 0.6) is 0 Å². The number of urea groups is 1. The number of methoxy groups -OCH3 is 1. The maximum absolute atomic E-state index is 12.1. The number of fused-ring (bicyclic) bond motifs is 1. The topological polar surface area (TPSA) is 50.4 Å². The summed E-state index contributed by atoms with van der Waals surface area (Å²) in [5.74, 6) is 0. The maximum Gasteiger partial charge on any atom is 0.319 e. The summed E-state index contributed by atoms with van der Waals surface area (Å²) in [7, 11) is 1.64. The SMILES string of the molecule is COC(CNC(=O)Nc1ccc2ccccc2c1)c1ccccc1. The minimum Gasteiger partial charge on any atom is -0.375 e. The fourth-order valence-corrected chi connectivity index (χ4v) is 2.63. The summed E-state index contributed by atoms with van der Waals surface area (Å²) in [5, 5.41) is 7.95. The Hall–Kier alpha value is -2.85. The summed E-state index contributed by atoms with van der Waals surface area (Å²) >= 11 is 0. The third-order valence-electron chi connectivity index (χ3n) is 3.91. The van der Waals surface area contributed by atoms with E-state index in [-0.39, 0.29) is 12.1 Å². The molecule has 3 aromatic carbocycles. The molecule has 0 spiro atoms. The van der Waals surface area contributed by atoms with Crippen molar-refractivity contribution in [3.8, 4) is 0 Å². The van der Waals surface area contributed by atoms with E-state index in [1.54, 1.807) is 7.11 Å². The first-order chi connectivity index (χ1) is 11.8. The molecule has 0 aromatic heterocycles. The molecule has 4 nitrogen and oxygen atoms in total. The summed E-state index contributed by atoms with van der Waals surface area (Å²) in [6, 6.07) is 23.5. The minimum absolute atomic E-state index is 0.173. The van der Waals surface area contributed by atoms with Crippen LogP contribution < -0.4 is 10.6 Å². The van der Waals surface area contributed by atoms with E-state index in [2.05, 4.69) is 10.6 Å². The van der Waals surface area contributed by atoms with Gasteiger partial charge in [-0.15, -0.1) is 0 Å². The van der Waals surface area contributed by atoms with E-state index >= 15 is 0 Å². The number of benzene rings is 3. The van der Waals surface area contributed by atoms with Crippen molar-refractivity contribution in [1.82, 2.24) is 5.32 Å². The second kappa shape index (κ2) is 7.62. The zero-order valence-corrected chi connectivity index (χ0v) is 13.5. The van der Waals surface area contributed by atoms with E-state index in [0.29, 0.717) is 6.54 Å². The van der Waals surface area contributed by atoms with E-state index in [0.717, 1.165) is 22.0 Å². The molecule has 0 aliphatic carbocycles. The van der Waals surface area contributed by atoms with Gasteiger partial charge in [0.25, 0.3) is 0 Å². The van der Waals surface area contributed by atoms with Crippen LogP contribution in [0.15, 0.2) is 72.8 Å². The molecule has 2 N–H and O–H groups in total. The zero-order chi connectivity index (χ0) is 16.8. The number of ether oxygens (including phenoxy) is 1. The molecule has 0 radical (unpaired) electrons. The summed E-state index contributed by atoms with van der Waals surface area (Å²) < 4.78 is 5.45. The lowest BCUT2D eigenvalue weighted by molar-refractivity contribution is 0.104. The van der Waals surface area contributed by atoms with Gasteiger partial charge >= 0.3 is 6.03 Å². The van der Waals surface area contributed by atoms with E-state index in [9.17, 15) is 4.79 Å². The normalized spacial score (nSPS) is 11.9. The van der Waals surface area contributed by atoms with Crippen molar-refractivity contribution in [3.05, 3.63) is 78.4 Å². The van der Waals surface area contributed by atoms with Gasteiger partial charge in [0.05, 0.1) is 6.10 Å².